The van der Waals surface area contributed by atoms with Gasteiger partial charge < -0.3 is 10.4 Å². The number of rotatable bonds is 4. The second-order valence-corrected chi connectivity index (χ2v) is 3.68. The second kappa shape index (κ2) is 3.80. The summed E-state index contributed by atoms with van der Waals surface area (Å²) in [5.41, 5.74) is -0.618. The fraction of sp³-hybridized carbons (Fsp3) is 0.571. The van der Waals surface area contributed by atoms with Gasteiger partial charge in [0, 0.05) is 0 Å². The van der Waals surface area contributed by atoms with E-state index in [9.17, 15) is 4.79 Å². The van der Waals surface area contributed by atoms with E-state index in [4.69, 9.17) is 5.11 Å². The van der Waals surface area contributed by atoms with Gasteiger partial charge in [-0.05, 0) is 25.5 Å². The number of carboxylic acids is 1. The maximum absolute atomic E-state index is 10.6. The summed E-state index contributed by atoms with van der Waals surface area (Å²) in [5.74, 6) is -0.855. The summed E-state index contributed by atoms with van der Waals surface area (Å²) in [6.07, 6.45) is 1.43. The highest BCUT2D eigenvalue weighted by molar-refractivity contribution is 7.05. The van der Waals surface area contributed by atoms with Crippen molar-refractivity contribution in [3.8, 4) is 0 Å². The third kappa shape index (κ3) is 2.22. The molecular weight excluding hydrogens is 190 g/mol. The molecule has 1 rings (SSSR count). The number of aliphatic carboxylic acids is 1. The van der Waals surface area contributed by atoms with Crippen molar-refractivity contribution in [1.82, 2.24) is 14.7 Å². The van der Waals surface area contributed by atoms with Crippen molar-refractivity contribution < 1.29 is 9.90 Å². The fourth-order valence-corrected chi connectivity index (χ4v) is 1.65. The average molecular weight is 201 g/mol. The summed E-state index contributed by atoms with van der Waals surface area (Å²) in [7, 11) is 1.71. The minimum Gasteiger partial charge on any atom is -0.481 e. The molecule has 0 saturated carbocycles. The largest absolute Gasteiger partial charge is 0.481 e. The first kappa shape index (κ1) is 10.1. The Hall–Kier alpha value is -1.01. The highest BCUT2D eigenvalue weighted by Gasteiger charge is 2.30. The van der Waals surface area contributed by atoms with E-state index in [1.807, 2.05) is 0 Å². The molecular formula is C7H11N3O2S. The van der Waals surface area contributed by atoms with E-state index in [0.29, 0.717) is 5.01 Å². The molecule has 72 valence electrons. The lowest BCUT2D eigenvalue weighted by Crippen LogP contribution is -2.38. The van der Waals surface area contributed by atoms with Crippen LogP contribution in [0.3, 0.4) is 0 Å². The summed E-state index contributed by atoms with van der Waals surface area (Å²) in [4.78, 5) is 14.6. The maximum Gasteiger partial charge on any atom is 0.305 e. The molecule has 0 saturated heterocycles. The van der Waals surface area contributed by atoms with Gasteiger partial charge >= 0.3 is 5.97 Å². The molecule has 0 aliphatic carbocycles. The minimum atomic E-state index is -0.855. The van der Waals surface area contributed by atoms with Crippen LogP contribution >= 0.6 is 11.5 Å². The van der Waals surface area contributed by atoms with Crippen LogP contribution in [0.1, 0.15) is 18.4 Å². The molecule has 0 aliphatic rings. The van der Waals surface area contributed by atoms with Crippen molar-refractivity contribution in [3.05, 3.63) is 11.3 Å². The molecule has 0 radical (unpaired) electrons. The lowest BCUT2D eigenvalue weighted by Gasteiger charge is -2.23. The van der Waals surface area contributed by atoms with Crippen LogP contribution in [-0.4, -0.2) is 27.5 Å². The Balaban J connectivity index is 2.87. The van der Waals surface area contributed by atoms with E-state index in [1.54, 1.807) is 14.0 Å². The Morgan fingerprint density at radius 2 is 2.54 bits per heavy atom. The van der Waals surface area contributed by atoms with Crippen molar-refractivity contribution in [3.63, 3.8) is 0 Å². The molecule has 1 aromatic rings. The van der Waals surface area contributed by atoms with Crippen LogP contribution in [0, 0.1) is 0 Å². The molecule has 1 unspecified atom stereocenters. The molecule has 0 fully saturated rings. The quantitative estimate of drug-likeness (QED) is 0.739. The van der Waals surface area contributed by atoms with Crippen molar-refractivity contribution in [2.24, 2.45) is 0 Å². The van der Waals surface area contributed by atoms with Gasteiger partial charge in [0.15, 0.2) is 0 Å². The van der Waals surface area contributed by atoms with Crippen molar-refractivity contribution >= 4 is 17.5 Å². The first-order valence-electron chi connectivity index (χ1n) is 3.76. The number of nitrogens with zero attached hydrogens (tertiary/aromatic N) is 2. The minimum absolute atomic E-state index is 0.00130. The SMILES string of the molecule is CNC(C)(CC(=O)O)c1ncns1. The van der Waals surface area contributed by atoms with Gasteiger partial charge in [0.25, 0.3) is 0 Å². The monoisotopic (exact) mass is 201 g/mol. The van der Waals surface area contributed by atoms with Gasteiger partial charge in [-0.25, -0.2) is 4.98 Å². The van der Waals surface area contributed by atoms with Crippen molar-refractivity contribution in [2.75, 3.05) is 7.05 Å². The van der Waals surface area contributed by atoms with Crippen LogP contribution in [0.15, 0.2) is 6.33 Å². The van der Waals surface area contributed by atoms with Crippen LogP contribution in [0.5, 0.6) is 0 Å². The lowest BCUT2D eigenvalue weighted by molar-refractivity contribution is -0.138. The van der Waals surface area contributed by atoms with E-state index >= 15 is 0 Å². The second-order valence-electron chi connectivity index (χ2n) is 2.90. The van der Waals surface area contributed by atoms with Crippen molar-refractivity contribution in [2.45, 2.75) is 18.9 Å². The maximum atomic E-state index is 10.6. The van der Waals surface area contributed by atoms with Gasteiger partial charge in [-0.15, -0.1) is 0 Å². The lowest BCUT2D eigenvalue weighted by atomic mass is 9.99. The van der Waals surface area contributed by atoms with E-state index < -0.39 is 11.5 Å². The Labute approximate surface area is 80.0 Å². The highest BCUT2D eigenvalue weighted by Crippen LogP contribution is 2.24. The van der Waals surface area contributed by atoms with E-state index in [2.05, 4.69) is 14.7 Å². The molecule has 1 aromatic heterocycles. The molecule has 0 bridgehead atoms. The number of hydrogen-bond donors (Lipinski definition) is 2. The van der Waals surface area contributed by atoms with Gasteiger partial charge in [0.1, 0.15) is 11.3 Å². The molecule has 6 heteroatoms. The molecule has 5 nitrogen and oxygen atoms in total. The van der Waals surface area contributed by atoms with E-state index in [0.717, 1.165) is 0 Å². The molecule has 0 spiro atoms. The molecule has 0 amide bonds. The third-order valence-corrected chi connectivity index (χ3v) is 2.82. The smallest absolute Gasteiger partial charge is 0.305 e. The Kier molecular flexibility index (Phi) is 2.94. The zero-order valence-corrected chi connectivity index (χ0v) is 8.26. The zero-order valence-electron chi connectivity index (χ0n) is 7.44. The molecule has 1 atom stereocenters. The summed E-state index contributed by atoms with van der Waals surface area (Å²) < 4.78 is 3.84. The average Bonchev–Trinajstić information content (AvgIpc) is 2.55. The van der Waals surface area contributed by atoms with Crippen LogP contribution in [0.2, 0.25) is 0 Å². The van der Waals surface area contributed by atoms with Crippen LogP contribution < -0.4 is 5.32 Å². The number of carbonyl (C=O) groups is 1. The van der Waals surface area contributed by atoms with Gasteiger partial charge in [0.05, 0.1) is 12.0 Å². The topological polar surface area (TPSA) is 75.1 Å². The van der Waals surface area contributed by atoms with Crippen LogP contribution in [0.25, 0.3) is 0 Å². The number of carboxylic acid groups (broad SMARTS) is 1. The van der Waals surface area contributed by atoms with E-state index in [-0.39, 0.29) is 6.42 Å². The molecule has 0 aromatic carbocycles. The fourth-order valence-electron chi connectivity index (χ4n) is 0.990. The first-order chi connectivity index (χ1) is 6.08. The zero-order chi connectivity index (χ0) is 9.90. The molecule has 0 aliphatic heterocycles. The van der Waals surface area contributed by atoms with Crippen LogP contribution in [0.4, 0.5) is 0 Å². The standard InChI is InChI=1S/C7H11N3O2S/c1-7(8-2,3-5(11)12)6-9-4-10-13-6/h4,8H,3H2,1-2H3,(H,11,12). The summed E-state index contributed by atoms with van der Waals surface area (Å²) >= 11 is 1.21. The number of hydrogen-bond acceptors (Lipinski definition) is 5. The van der Waals surface area contributed by atoms with Gasteiger partial charge in [0.2, 0.25) is 0 Å². The Morgan fingerprint density at radius 3 is 2.92 bits per heavy atom. The van der Waals surface area contributed by atoms with Crippen LogP contribution in [-0.2, 0) is 10.3 Å². The van der Waals surface area contributed by atoms with Gasteiger partial charge in [-0.1, -0.05) is 0 Å². The third-order valence-electron chi connectivity index (χ3n) is 1.89. The summed E-state index contributed by atoms with van der Waals surface area (Å²) in [6, 6.07) is 0. The van der Waals surface area contributed by atoms with Gasteiger partial charge in [-0.2, -0.15) is 4.37 Å². The molecule has 1 heterocycles. The summed E-state index contributed by atoms with van der Waals surface area (Å²) in [6.45, 7) is 1.79. The van der Waals surface area contributed by atoms with E-state index in [1.165, 1.54) is 17.9 Å². The predicted octanol–water partition coefficient (Wildman–Crippen LogP) is 0.447. The van der Waals surface area contributed by atoms with Crippen molar-refractivity contribution in [1.29, 1.82) is 0 Å². The Bertz CT molecular complexity index is 288. The normalized spacial score (nSPS) is 15.2. The summed E-state index contributed by atoms with van der Waals surface area (Å²) in [5, 5.41) is 12.3. The highest BCUT2D eigenvalue weighted by atomic mass is 32.1. The molecule has 13 heavy (non-hydrogen) atoms. The number of nitrogens with one attached hydrogen (secondary N) is 1. The Morgan fingerprint density at radius 1 is 1.85 bits per heavy atom. The van der Waals surface area contributed by atoms with Gasteiger partial charge in [-0.3, -0.25) is 4.79 Å². The first-order valence-corrected chi connectivity index (χ1v) is 4.53. The molecule has 2 N–H and O–H groups in total. The number of aromatic nitrogens is 2. The predicted molar refractivity (Wildman–Crippen MR) is 48.6 cm³/mol.